The summed E-state index contributed by atoms with van der Waals surface area (Å²) in [5.41, 5.74) is -7.36. The number of anilines is 1. The molecule has 0 aliphatic rings. The molecule has 0 aromatic heterocycles. The van der Waals surface area contributed by atoms with Crippen LogP contribution in [0, 0.1) is 10.1 Å². The van der Waals surface area contributed by atoms with Gasteiger partial charge in [0.05, 0.1) is 21.6 Å². The lowest BCUT2D eigenvalue weighted by molar-refractivity contribution is -0.385. The van der Waals surface area contributed by atoms with Gasteiger partial charge in [-0.1, -0.05) is 0 Å². The van der Waals surface area contributed by atoms with Crippen LogP contribution in [0.2, 0.25) is 0 Å². The molecular formula is C19H12F9N3O4. The maximum atomic E-state index is 13.0. The molecule has 0 saturated heterocycles. The number of hydrogen-bond acceptors (Lipinski definition) is 4. The predicted octanol–water partition coefficient (Wildman–Crippen LogP) is 5.30. The number of nitrogens with one attached hydrogen (secondary N) is 2. The van der Waals surface area contributed by atoms with Crippen LogP contribution in [0.25, 0.3) is 0 Å². The van der Waals surface area contributed by atoms with Gasteiger partial charge in [-0.3, -0.25) is 19.7 Å². The number of nitro benzene ring substituents is 1. The quantitative estimate of drug-likeness (QED) is 0.235. The van der Waals surface area contributed by atoms with Crippen molar-refractivity contribution in [1.29, 1.82) is 0 Å². The van der Waals surface area contributed by atoms with Gasteiger partial charge in [0.25, 0.3) is 5.69 Å². The molecule has 0 unspecified atom stereocenters. The highest BCUT2D eigenvalue weighted by Crippen LogP contribution is 2.41. The van der Waals surface area contributed by atoms with Crippen LogP contribution in [-0.4, -0.2) is 16.7 Å². The molecule has 0 aliphatic carbocycles. The Morgan fingerprint density at radius 2 is 1.40 bits per heavy atom. The van der Waals surface area contributed by atoms with E-state index in [1.54, 1.807) is 0 Å². The van der Waals surface area contributed by atoms with Crippen molar-refractivity contribution < 1.29 is 54.0 Å². The van der Waals surface area contributed by atoms with Gasteiger partial charge in [0.15, 0.2) is 0 Å². The topological polar surface area (TPSA) is 101 Å². The van der Waals surface area contributed by atoms with E-state index in [9.17, 15) is 59.2 Å². The van der Waals surface area contributed by atoms with Gasteiger partial charge < -0.3 is 10.6 Å². The van der Waals surface area contributed by atoms with Crippen LogP contribution in [0.5, 0.6) is 0 Å². The number of nitrogens with zero attached hydrogens (tertiary/aromatic N) is 1. The van der Waals surface area contributed by atoms with E-state index in [-0.39, 0.29) is 23.8 Å². The number of nitro groups is 1. The van der Waals surface area contributed by atoms with Crippen molar-refractivity contribution in [3.8, 4) is 0 Å². The average Bonchev–Trinajstić information content (AvgIpc) is 2.69. The molecule has 2 amide bonds. The van der Waals surface area contributed by atoms with E-state index < -0.39 is 76.3 Å². The third-order valence-corrected chi connectivity index (χ3v) is 4.32. The van der Waals surface area contributed by atoms with Crippen molar-refractivity contribution in [2.45, 2.75) is 31.5 Å². The standard InChI is InChI=1S/C19H12F9N3O4/c20-17(21,22)10-2-1-9(14(5-10)31(34)35)8-29-15(32)7-16(33)30-11-3-4-12(18(23,24)25)13(6-11)19(26,27)28/h1-6H,7-8H2,(H,29,32)(H,30,33). The molecule has 16 heteroatoms. The van der Waals surface area contributed by atoms with Gasteiger partial charge in [-0.2, -0.15) is 39.5 Å². The molecule has 0 aliphatic heterocycles. The number of hydrogen-bond donors (Lipinski definition) is 2. The second kappa shape index (κ2) is 9.79. The molecule has 0 heterocycles. The van der Waals surface area contributed by atoms with Gasteiger partial charge in [-0.05, 0) is 30.3 Å². The molecule has 0 saturated carbocycles. The third-order valence-electron chi connectivity index (χ3n) is 4.32. The van der Waals surface area contributed by atoms with E-state index in [0.29, 0.717) is 12.1 Å². The highest BCUT2D eigenvalue weighted by atomic mass is 19.4. The zero-order chi connectivity index (χ0) is 26.8. The minimum absolute atomic E-state index is 0.0319. The Morgan fingerprint density at radius 3 is 1.91 bits per heavy atom. The van der Waals surface area contributed by atoms with Gasteiger partial charge in [-0.25, -0.2) is 0 Å². The van der Waals surface area contributed by atoms with E-state index in [2.05, 4.69) is 0 Å². The van der Waals surface area contributed by atoms with Crippen LogP contribution in [-0.2, 0) is 34.7 Å². The van der Waals surface area contributed by atoms with Gasteiger partial charge in [0.1, 0.15) is 6.42 Å². The van der Waals surface area contributed by atoms with E-state index in [1.807, 2.05) is 10.6 Å². The SMILES string of the molecule is O=C(CC(=O)Nc1ccc(C(F)(F)F)c(C(F)(F)F)c1)NCc1ccc(C(F)(F)F)cc1[N+](=O)[O-]. The number of carbonyl (C=O) groups is 2. The molecule has 2 aromatic rings. The summed E-state index contributed by atoms with van der Waals surface area (Å²) in [6, 6.07) is 2.19. The van der Waals surface area contributed by atoms with Crippen LogP contribution in [0.4, 0.5) is 50.9 Å². The van der Waals surface area contributed by atoms with Crippen molar-refractivity contribution >= 4 is 23.2 Å². The monoisotopic (exact) mass is 517 g/mol. The zero-order valence-electron chi connectivity index (χ0n) is 16.9. The fourth-order valence-corrected chi connectivity index (χ4v) is 2.77. The van der Waals surface area contributed by atoms with Crippen molar-refractivity contribution in [3.63, 3.8) is 0 Å². The first-order valence-electron chi connectivity index (χ1n) is 9.09. The molecule has 0 spiro atoms. The van der Waals surface area contributed by atoms with E-state index >= 15 is 0 Å². The van der Waals surface area contributed by atoms with Crippen molar-refractivity contribution in [2.75, 3.05) is 5.32 Å². The van der Waals surface area contributed by atoms with Gasteiger partial charge in [0.2, 0.25) is 11.8 Å². The molecule has 35 heavy (non-hydrogen) atoms. The summed E-state index contributed by atoms with van der Waals surface area (Å²) in [6.07, 6.45) is -16.7. The van der Waals surface area contributed by atoms with Gasteiger partial charge >= 0.3 is 18.5 Å². The summed E-state index contributed by atoms with van der Waals surface area (Å²) in [5.74, 6) is -2.36. The Balaban J connectivity index is 2.08. The average molecular weight is 517 g/mol. The number of amides is 2. The largest absolute Gasteiger partial charge is 0.417 e. The van der Waals surface area contributed by atoms with Gasteiger partial charge in [-0.15, -0.1) is 0 Å². The number of rotatable bonds is 6. The molecule has 0 atom stereocenters. The van der Waals surface area contributed by atoms with Crippen LogP contribution < -0.4 is 10.6 Å². The second-order valence-electron chi connectivity index (χ2n) is 6.86. The first-order valence-corrected chi connectivity index (χ1v) is 9.09. The number of alkyl halides is 9. The molecule has 2 aromatic carbocycles. The Bertz CT molecular complexity index is 1140. The molecule has 0 bridgehead atoms. The number of benzene rings is 2. The minimum atomic E-state index is -5.40. The molecular weight excluding hydrogens is 505 g/mol. The summed E-state index contributed by atoms with van der Waals surface area (Å²) in [7, 11) is 0. The molecule has 2 rings (SSSR count). The lowest BCUT2D eigenvalue weighted by atomic mass is 10.1. The fourth-order valence-electron chi connectivity index (χ4n) is 2.77. The molecule has 7 nitrogen and oxygen atoms in total. The van der Waals surface area contributed by atoms with Gasteiger partial charge in [0, 0.05) is 23.9 Å². The van der Waals surface area contributed by atoms with Crippen LogP contribution >= 0.6 is 0 Å². The van der Waals surface area contributed by atoms with Crippen molar-refractivity contribution in [3.05, 3.63) is 68.8 Å². The Hall–Kier alpha value is -3.85. The maximum absolute atomic E-state index is 13.0. The summed E-state index contributed by atoms with van der Waals surface area (Å²) in [6.45, 7) is -0.668. The Kier molecular flexibility index (Phi) is 7.66. The summed E-state index contributed by atoms with van der Waals surface area (Å²) in [4.78, 5) is 33.7. The first kappa shape index (κ1) is 27.4. The molecule has 0 radical (unpaired) electrons. The number of halogens is 9. The lowest BCUT2D eigenvalue weighted by Crippen LogP contribution is -2.28. The van der Waals surface area contributed by atoms with E-state index in [4.69, 9.17) is 0 Å². The summed E-state index contributed by atoms with van der Waals surface area (Å²) >= 11 is 0. The predicted molar refractivity (Wildman–Crippen MR) is 99.6 cm³/mol. The minimum Gasteiger partial charge on any atom is -0.351 e. The molecule has 190 valence electrons. The molecule has 2 N–H and O–H groups in total. The van der Waals surface area contributed by atoms with Crippen LogP contribution in [0.1, 0.15) is 28.7 Å². The number of carbonyl (C=O) groups excluding carboxylic acids is 2. The normalized spacial score (nSPS) is 12.3. The Morgan fingerprint density at radius 1 is 0.800 bits per heavy atom. The fraction of sp³-hybridized carbons (Fsp3) is 0.263. The van der Waals surface area contributed by atoms with E-state index in [1.165, 1.54) is 0 Å². The Labute approximate surface area is 189 Å². The van der Waals surface area contributed by atoms with E-state index in [0.717, 1.165) is 6.07 Å². The maximum Gasteiger partial charge on any atom is 0.417 e. The van der Waals surface area contributed by atoms with Crippen LogP contribution in [0.15, 0.2) is 36.4 Å². The van der Waals surface area contributed by atoms with Crippen molar-refractivity contribution in [2.24, 2.45) is 0 Å². The highest BCUT2D eigenvalue weighted by molar-refractivity contribution is 6.03. The second-order valence-corrected chi connectivity index (χ2v) is 6.86. The van der Waals surface area contributed by atoms with Crippen molar-refractivity contribution in [1.82, 2.24) is 5.32 Å². The highest BCUT2D eigenvalue weighted by Gasteiger charge is 2.43. The smallest absolute Gasteiger partial charge is 0.351 e. The zero-order valence-corrected chi connectivity index (χ0v) is 16.9. The third kappa shape index (κ3) is 7.31. The first-order chi connectivity index (χ1) is 15.9. The summed E-state index contributed by atoms with van der Waals surface area (Å²) < 4.78 is 115. The lowest BCUT2D eigenvalue weighted by Gasteiger charge is -2.17. The molecule has 0 fully saturated rings. The summed E-state index contributed by atoms with van der Waals surface area (Å²) in [5, 5.41) is 14.9. The van der Waals surface area contributed by atoms with Crippen LogP contribution in [0.3, 0.4) is 0 Å².